The molecule has 2 aromatic carbocycles. The van der Waals surface area contributed by atoms with E-state index in [1.807, 2.05) is 30.3 Å². The highest BCUT2D eigenvalue weighted by atomic mass is 16.2. The quantitative estimate of drug-likeness (QED) is 0.539. The van der Waals surface area contributed by atoms with Crippen molar-refractivity contribution in [1.82, 2.24) is 20.9 Å². The molecule has 2 heterocycles. The van der Waals surface area contributed by atoms with E-state index in [4.69, 9.17) is 0 Å². The molecular formula is C25H30N4O. The summed E-state index contributed by atoms with van der Waals surface area (Å²) in [7, 11) is 0. The summed E-state index contributed by atoms with van der Waals surface area (Å²) in [6.07, 6.45) is 7.03. The minimum absolute atomic E-state index is 0.00785. The highest BCUT2D eigenvalue weighted by Crippen LogP contribution is 2.25. The molecule has 1 atom stereocenters. The second-order valence-corrected chi connectivity index (χ2v) is 8.01. The van der Waals surface area contributed by atoms with Crippen LogP contribution >= 0.6 is 0 Å². The van der Waals surface area contributed by atoms with E-state index in [9.17, 15) is 4.79 Å². The van der Waals surface area contributed by atoms with Crippen LogP contribution in [0.1, 0.15) is 36.4 Å². The third kappa shape index (κ3) is 5.23. The number of carbonyl (C=O) groups excluding carboxylic acids is 1. The first-order chi connectivity index (χ1) is 14.8. The number of hydrogen-bond acceptors (Lipinski definition) is 4. The van der Waals surface area contributed by atoms with Crippen LogP contribution in [0.3, 0.4) is 0 Å². The van der Waals surface area contributed by atoms with Crippen molar-refractivity contribution in [3.05, 3.63) is 78.1 Å². The van der Waals surface area contributed by atoms with Crippen LogP contribution in [0.2, 0.25) is 0 Å². The SMILES string of the molecule is O=C(NCc1ccncc1)C(NCCC1CCNCC1)c1cccc2ccccc12. The minimum atomic E-state index is -0.375. The number of nitrogens with zero attached hydrogens (tertiary/aromatic N) is 1. The van der Waals surface area contributed by atoms with Crippen molar-refractivity contribution in [2.24, 2.45) is 5.92 Å². The Labute approximate surface area is 178 Å². The second kappa shape index (κ2) is 10.3. The number of aromatic nitrogens is 1. The molecule has 156 valence electrons. The van der Waals surface area contributed by atoms with Crippen LogP contribution in [0, 0.1) is 5.92 Å². The molecule has 1 saturated heterocycles. The molecule has 1 fully saturated rings. The molecule has 0 radical (unpaired) electrons. The Hall–Kier alpha value is -2.76. The summed E-state index contributed by atoms with van der Waals surface area (Å²) >= 11 is 0. The third-order valence-electron chi connectivity index (χ3n) is 5.97. The van der Waals surface area contributed by atoms with E-state index >= 15 is 0 Å². The highest BCUT2D eigenvalue weighted by molar-refractivity contribution is 5.92. The van der Waals surface area contributed by atoms with Crippen molar-refractivity contribution < 1.29 is 4.79 Å². The maximum Gasteiger partial charge on any atom is 0.242 e. The van der Waals surface area contributed by atoms with E-state index in [1.165, 1.54) is 12.8 Å². The van der Waals surface area contributed by atoms with Gasteiger partial charge in [-0.25, -0.2) is 0 Å². The molecule has 1 aliphatic rings. The molecular weight excluding hydrogens is 372 g/mol. The van der Waals surface area contributed by atoms with Gasteiger partial charge in [0.15, 0.2) is 0 Å². The smallest absolute Gasteiger partial charge is 0.242 e. The van der Waals surface area contributed by atoms with Crippen molar-refractivity contribution in [3.8, 4) is 0 Å². The van der Waals surface area contributed by atoms with Gasteiger partial charge in [-0.1, -0.05) is 42.5 Å². The first-order valence-corrected chi connectivity index (χ1v) is 10.9. The average Bonchev–Trinajstić information content (AvgIpc) is 2.81. The van der Waals surface area contributed by atoms with E-state index in [0.717, 1.165) is 53.9 Å². The predicted octanol–water partition coefficient (Wildman–Crippen LogP) is 3.57. The van der Waals surface area contributed by atoms with E-state index in [-0.39, 0.29) is 11.9 Å². The molecule has 0 bridgehead atoms. The molecule has 1 aliphatic heterocycles. The van der Waals surface area contributed by atoms with Gasteiger partial charge < -0.3 is 16.0 Å². The molecule has 4 rings (SSSR count). The lowest BCUT2D eigenvalue weighted by atomic mass is 9.94. The van der Waals surface area contributed by atoms with E-state index < -0.39 is 0 Å². The van der Waals surface area contributed by atoms with Crippen LogP contribution in [0.15, 0.2) is 67.0 Å². The second-order valence-electron chi connectivity index (χ2n) is 8.01. The highest BCUT2D eigenvalue weighted by Gasteiger charge is 2.22. The van der Waals surface area contributed by atoms with Crippen LogP contribution in [0.5, 0.6) is 0 Å². The van der Waals surface area contributed by atoms with Gasteiger partial charge in [0.2, 0.25) is 5.91 Å². The number of piperidine rings is 1. The Bertz CT molecular complexity index is 948. The molecule has 5 heteroatoms. The monoisotopic (exact) mass is 402 g/mol. The molecule has 0 aliphatic carbocycles. The Kier molecular flexibility index (Phi) is 7.06. The standard InChI is InChI=1S/C25H30N4O/c30-25(29-18-20-10-15-27-16-11-20)24(28-17-12-19-8-13-26-14-9-19)23-7-3-5-21-4-1-2-6-22(21)23/h1-7,10-11,15-16,19,24,26,28H,8-9,12-14,17-18H2,(H,29,30). The van der Waals surface area contributed by atoms with Gasteiger partial charge in [-0.2, -0.15) is 0 Å². The van der Waals surface area contributed by atoms with Gasteiger partial charge >= 0.3 is 0 Å². The number of pyridine rings is 1. The van der Waals surface area contributed by atoms with Gasteiger partial charge in [0.25, 0.3) is 0 Å². The van der Waals surface area contributed by atoms with Gasteiger partial charge in [0.05, 0.1) is 0 Å². The van der Waals surface area contributed by atoms with Crippen molar-refractivity contribution in [2.45, 2.75) is 31.8 Å². The maximum atomic E-state index is 13.2. The summed E-state index contributed by atoms with van der Waals surface area (Å²) in [6.45, 7) is 3.54. The number of benzene rings is 2. The summed E-state index contributed by atoms with van der Waals surface area (Å²) < 4.78 is 0. The largest absolute Gasteiger partial charge is 0.350 e. The molecule has 1 unspecified atom stereocenters. The van der Waals surface area contributed by atoms with Crippen LogP contribution in [0.4, 0.5) is 0 Å². The number of fused-ring (bicyclic) bond motifs is 1. The zero-order chi connectivity index (χ0) is 20.6. The molecule has 3 N–H and O–H groups in total. The molecule has 0 saturated carbocycles. The lowest BCUT2D eigenvalue weighted by molar-refractivity contribution is -0.123. The van der Waals surface area contributed by atoms with Gasteiger partial charge in [0.1, 0.15) is 6.04 Å². The molecule has 5 nitrogen and oxygen atoms in total. The molecule has 3 aromatic rings. The van der Waals surface area contributed by atoms with Crippen molar-refractivity contribution >= 4 is 16.7 Å². The van der Waals surface area contributed by atoms with Gasteiger partial charge in [-0.3, -0.25) is 9.78 Å². The fourth-order valence-electron chi connectivity index (χ4n) is 4.24. The van der Waals surface area contributed by atoms with Crippen LogP contribution < -0.4 is 16.0 Å². The topological polar surface area (TPSA) is 66.0 Å². The van der Waals surface area contributed by atoms with Gasteiger partial charge in [-0.15, -0.1) is 0 Å². The van der Waals surface area contributed by atoms with Crippen LogP contribution in [-0.4, -0.2) is 30.5 Å². The first-order valence-electron chi connectivity index (χ1n) is 10.9. The molecule has 30 heavy (non-hydrogen) atoms. The average molecular weight is 403 g/mol. The number of nitrogens with one attached hydrogen (secondary N) is 3. The van der Waals surface area contributed by atoms with E-state index in [1.54, 1.807) is 12.4 Å². The maximum absolute atomic E-state index is 13.2. The number of hydrogen-bond donors (Lipinski definition) is 3. The van der Waals surface area contributed by atoms with Crippen molar-refractivity contribution in [1.29, 1.82) is 0 Å². The van der Waals surface area contributed by atoms with Gasteiger partial charge in [-0.05, 0) is 78.8 Å². The normalized spacial score (nSPS) is 15.7. The first kappa shape index (κ1) is 20.5. The lowest BCUT2D eigenvalue weighted by Gasteiger charge is -2.25. The Morgan fingerprint density at radius 2 is 1.80 bits per heavy atom. The number of rotatable bonds is 8. The summed E-state index contributed by atoms with van der Waals surface area (Å²) in [4.78, 5) is 17.3. The summed E-state index contributed by atoms with van der Waals surface area (Å²) in [5, 5.41) is 12.4. The summed E-state index contributed by atoms with van der Waals surface area (Å²) in [6, 6.07) is 17.9. The Morgan fingerprint density at radius 3 is 2.63 bits per heavy atom. The summed E-state index contributed by atoms with van der Waals surface area (Å²) in [5.74, 6) is 0.736. The van der Waals surface area contributed by atoms with Crippen molar-refractivity contribution in [3.63, 3.8) is 0 Å². The third-order valence-corrected chi connectivity index (χ3v) is 5.97. The van der Waals surface area contributed by atoms with E-state index in [2.05, 4.69) is 45.2 Å². The van der Waals surface area contributed by atoms with Crippen LogP contribution in [-0.2, 0) is 11.3 Å². The fraction of sp³-hybridized carbons (Fsp3) is 0.360. The molecule has 1 aromatic heterocycles. The molecule has 1 amide bonds. The van der Waals surface area contributed by atoms with Crippen molar-refractivity contribution in [2.75, 3.05) is 19.6 Å². The zero-order valence-electron chi connectivity index (χ0n) is 17.3. The van der Waals surface area contributed by atoms with Crippen LogP contribution in [0.25, 0.3) is 10.8 Å². The Balaban J connectivity index is 1.50. The Morgan fingerprint density at radius 1 is 1.03 bits per heavy atom. The number of carbonyl (C=O) groups is 1. The molecule has 0 spiro atoms. The zero-order valence-corrected chi connectivity index (χ0v) is 17.3. The fourth-order valence-corrected chi connectivity index (χ4v) is 4.24. The van der Waals surface area contributed by atoms with Gasteiger partial charge in [0, 0.05) is 18.9 Å². The summed E-state index contributed by atoms with van der Waals surface area (Å²) in [5.41, 5.74) is 2.08. The predicted molar refractivity (Wildman–Crippen MR) is 121 cm³/mol. The number of amides is 1. The minimum Gasteiger partial charge on any atom is -0.350 e. The van der Waals surface area contributed by atoms with E-state index in [0.29, 0.717) is 6.54 Å². The lowest BCUT2D eigenvalue weighted by Crippen LogP contribution is -2.38.